The average Bonchev–Trinajstić information content (AvgIpc) is 2.79. The molecule has 138 valence electrons. The second-order valence-corrected chi connectivity index (χ2v) is 9.38. The van der Waals surface area contributed by atoms with Crippen molar-refractivity contribution >= 4 is 37.3 Å². The van der Waals surface area contributed by atoms with Crippen molar-refractivity contribution in [1.82, 2.24) is 0 Å². The molecule has 1 saturated heterocycles. The van der Waals surface area contributed by atoms with Gasteiger partial charge in [-0.15, -0.1) is 0 Å². The topological polar surface area (TPSA) is 101 Å². The molecule has 26 heavy (non-hydrogen) atoms. The summed E-state index contributed by atoms with van der Waals surface area (Å²) in [6.45, 7) is 1.48. The molecule has 0 spiro atoms. The van der Waals surface area contributed by atoms with E-state index in [2.05, 4.69) is 4.72 Å². The van der Waals surface area contributed by atoms with Crippen molar-refractivity contribution in [1.29, 1.82) is 0 Å². The Labute approximate surface area is 150 Å². The molecule has 2 aromatic rings. The monoisotopic (exact) mass is 398 g/mol. The van der Waals surface area contributed by atoms with Crippen LogP contribution in [-0.2, 0) is 24.8 Å². The van der Waals surface area contributed by atoms with Crippen LogP contribution in [0.4, 0.5) is 15.8 Å². The van der Waals surface area contributed by atoms with E-state index in [1.807, 2.05) is 0 Å². The van der Waals surface area contributed by atoms with Crippen LogP contribution in [0.15, 0.2) is 47.4 Å². The van der Waals surface area contributed by atoms with Gasteiger partial charge >= 0.3 is 0 Å². The molecular weight excluding hydrogens is 383 g/mol. The van der Waals surface area contributed by atoms with Crippen LogP contribution in [0.1, 0.15) is 12.0 Å². The SMILES string of the molecule is Cc1cc(N2C(=O)CCS2(=O)=O)ccc1S(=O)(=O)Nc1cccc(F)c1. The van der Waals surface area contributed by atoms with Crippen LogP contribution in [-0.4, -0.2) is 28.5 Å². The molecule has 7 nitrogen and oxygen atoms in total. The van der Waals surface area contributed by atoms with E-state index in [4.69, 9.17) is 0 Å². The van der Waals surface area contributed by atoms with Crippen LogP contribution < -0.4 is 9.03 Å². The Hall–Kier alpha value is -2.46. The number of amides is 1. The fraction of sp³-hybridized carbons (Fsp3) is 0.188. The standard InChI is InChI=1S/C16H15FN2O5S2/c1-11-9-14(19-16(20)7-8-25(19,21)22)5-6-15(11)26(23,24)18-13-4-2-3-12(17)10-13/h2-6,9-10,18H,7-8H2,1H3. The lowest BCUT2D eigenvalue weighted by Crippen LogP contribution is -2.29. The Morgan fingerprint density at radius 2 is 1.88 bits per heavy atom. The minimum Gasteiger partial charge on any atom is -0.280 e. The molecule has 0 aromatic heterocycles. The summed E-state index contributed by atoms with van der Waals surface area (Å²) in [6, 6.07) is 8.79. The lowest BCUT2D eigenvalue weighted by molar-refractivity contribution is -0.116. The van der Waals surface area contributed by atoms with Crippen molar-refractivity contribution in [3.05, 3.63) is 53.8 Å². The molecule has 0 bridgehead atoms. The van der Waals surface area contributed by atoms with Crippen molar-refractivity contribution in [2.24, 2.45) is 0 Å². The lowest BCUT2D eigenvalue weighted by atomic mass is 10.2. The van der Waals surface area contributed by atoms with Gasteiger partial charge in [0, 0.05) is 6.42 Å². The number of aryl methyl sites for hydroxylation is 1. The third kappa shape index (κ3) is 3.42. The zero-order valence-electron chi connectivity index (χ0n) is 13.6. The number of rotatable bonds is 4. The molecule has 2 aromatic carbocycles. The van der Waals surface area contributed by atoms with Gasteiger partial charge < -0.3 is 0 Å². The fourth-order valence-corrected chi connectivity index (χ4v) is 5.42. The first-order chi connectivity index (χ1) is 12.1. The number of anilines is 2. The largest absolute Gasteiger partial charge is 0.280 e. The van der Waals surface area contributed by atoms with Crippen molar-refractivity contribution in [3.63, 3.8) is 0 Å². The summed E-state index contributed by atoms with van der Waals surface area (Å²) < 4.78 is 65.2. The first-order valence-corrected chi connectivity index (χ1v) is 10.6. The molecule has 0 aliphatic carbocycles. The molecule has 3 rings (SSSR count). The fourth-order valence-electron chi connectivity index (χ4n) is 2.69. The second-order valence-electron chi connectivity index (χ2n) is 5.79. The van der Waals surface area contributed by atoms with Gasteiger partial charge in [0.2, 0.25) is 15.9 Å². The minimum absolute atomic E-state index is 0.0609. The van der Waals surface area contributed by atoms with E-state index in [0.29, 0.717) is 4.31 Å². The third-order valence-electron chi connectivity index (χ3n) is 3.84. The number of carbonyl (C=O) groups excluding carboxylic acids is 1. The Balaban J connectivity index is 1.96. The highest BCUT2D eigenvalue weighted by Gasteiger charge is 2.36. The van der Waals surface area contributed by atoms with Crippen molar-refractivity contribution < 1.29 is 26.0 Å². The molecule has 1 aliphatic rings. The maximum atomic E-state index is 13.2. The van der Waals surface area contributed by atoms with Gasteiger partial charge in [-0.3, -0.25) is 9.52 Å². The van der Waals surface area contributed by atoms with Crippen molar-refractivity contribution in [3.8, 4) is 0 Å². The first kappa shape index (κ1) is 18.3. The van der Waals surface area contributed by atoms with E-state index in [9.17, 15) is 26.0 Å². The van der Waals surface area contributed by atoms with Gasteiger partial charge in [-0.25, -0.2) is 25.5 Å². The molecule has 1 aliphatic heterocycles. The summed E-state index contributed by atoms with van der Waals surface area (Å²) >= 11 is 0. The summed E-state index contributed by atoms with van der Waals surface area (Å²) in [5, 5.41) is 0. The number of halogens is 1. The zero-order valence-corrected chi connectivity index (χ0v) is 15.3. The summed E-state index contributed by atoms with van der Waals surface area (Å²) in [6.07, 6.45) is -0.109. The third-order valence-corrected chi connectivity index (χ3v) is 7.07. The summed E-state index contributed by atoms with van der Waals surface area (Å²) in [5.74, 6) is -1.42. The molecule has 1 N–H and O–H groups in total. The molecule has 1 amide bonds. The zero-order chi connectivity index (χ0) is 19.1. The number of carbonyl (C=O) groups is 1. The van der Waals surface area contributed by atoms with Crippen LogP contribution in [0.5, 0.6) is 0 Å². The minimum atomic E-state index is -4.01. The Kier molecular flexibility index (Phi) is 4.49. The van der Waals surface area contributed by atoms with Gasteiger partial charge in [0.25, 0.3) is 10.0 Å². The smallest absolute Gasteiger partial charge is 0.262 e. The maximum absolute atomic E-state index is 13.2. The van der Waals surface area contributed by atoms with Crippen molar-refractivity contribution in [2.75, 3.05) is 14.8 Å². The average molecular weight is 398 g/mol. The van der Waals surface area contributed by atoms with Gasteiger partial charge in [-0.2, -0.15) is 0 Å². The molecule has 1 fully saturated rings. The normalized spacial score (nSPS) is 16.7. The van der Waals surface area contributed by atoms with E-state index < -0.39 is 31.8 Å². The van der Waals surface area contributed by atoms with Crippen LogP contribution in [0.25, 0.3) is 0 Å². The quantitative estimate of drug-likeness (QED) is 0.849. The van der Waals surface area contributed by atoms with Crippen LogP contribution >= 0.6 is 0 Å². The molecule has 0 saturated carbocycles. The Bertz CT molecular complexity index is 1100. The van der Waals surface area contributed by atoms with Gasteiger partial charge in [0.05, 0.1) is 22.0 Å². The highest BCUT2D eigenvalue weighted by molar-refractivity contribution is 7.94. The van der Waals surface area contributed by atoms with Crippen molar-refractivity contribution in [2.45, 2.75) is 18.2 Å². The van der Waals surface area contributed by atoms with E-state index >= 15 is 0 Å². The van der Waals surface area contributed by atoms with Gasteiger partial charge in [0.15, 0.2) is 0 Å². The molecule has 10 heteroatoms. The molecule has 0 radical (unpaired) electrons. The number of benzene rings is 2. The molecular formula is C16H15FN2O5S2. The lowest BCUT2D eigenvalue weighted by Gasteiger charge is -2.17. The van der Waals surface area contributed by atoms with Crippen LogP contribution in [0, 0.1) is 12.7 Å². The Morgan fingerprint density at radius 3 is 2.46 bits per heavy atom. The Morgan fingerprint density at radius 1 is 1.15 bits per heavy atom. The number of nitrogens with zero attached hydrogens (tertiary/aromatic N) is 1. The predicted octanol–water partition coefficient (Wildman–Crippen LogP) is 2.00. The van der Waals surface area contributed by atoms with E-state index in [1.54, 1.807) is 0 Å². The maximum Gasteiger partial charge on any atom is 0.262 e. The number of sulfonamides is 2. The first-order valence-electron chi connectivity index (χ1n) is 7.55. The summed E-state index contributed by atoms with van der Waals surface area (Å²) in [4.78, 5) is 11.7. The summed E-state index contributed by atoms with van der Waals surface area (Å²) in [7, 11) is -7.74. The van der Waals surface area contributed by atoms with Gasteiger partial charge in [-0.1, -0.05) is 6.07 Å². The van der Waals surface area contributed by atoms with E-state index in [1.165, 1.54) is 43.3 Å². The van der Waals surface area contributed by atoms with Gasteiger partial charge in [0.1, 0.15) is 5.82 Å². The summed E-state index contributed by atoms with van der Waals surface area (Å²) in [5.41, 5.74) is 0.404. The van der Waals surface area contributed by atoms with Crippen LogP contribution in [0.2, 0.25) is 0 Å². The van der Waals surface area contributed by atoms with E-state index in [0.717, 1.165) is 6.07 Å². The highest BCUT2D eigenvalue weighted by Crippen LogP contribution is 2.29. The molecule has 0 unspecified atom stereocenters. The number of hydrogen-bond donors (Lipinski definition) is 1. The number of nitrogens with one attached hydrogen (secondary N) is 1. The van der Waals surface area contributed by atoms with Gasteiger partial charge in [-0.05, 0) is 48.9 Å². The second kappa shape index (κ2) is 6.36. The molecule has 1 heterocycles. The van der Waals surface area contributed by atoms with E-state index in [-0.39, 0.29) is 34.0 Å². The predicted molar refractivity (Wildman–Crippen MR) is 94.3 cm³/mol. The number of hydrogen-bond acceptors (Lipinski definition) is 5. The molecule has 0 atom stereocenters. The van der Waals surface area contributed by atoms with Crippen LogP contribution in [0.3, 0.4) is 0 Å². The highest BCUT2D eigenvalue weighted by atomic mass is 32.2.